The van der Waals surface area contributed by atoms with Crippen molar-refractivity contribution >= 4 is 17.9 Å². The lowest BCUT2D eigenvalue weighted by Crippen LogP contribution is -2.39. The van der Waals surface area contributed by atoms with Gasteiger partial charge in [0.2, 0.25) is 0 Å². The van der Waals surface area contributed by atoms with Crippen LogP contribution >= 0.6 is 0 Å². The van der Waals surface area contributed by atoms with Gasteiger partial charge in [0, 0.05) is 5.69 Å². The number of aromatic nitrogens is 1. The van der Waals surface area contributed by atoms with Crippen LogP contribution in [0.2, 0.25) is 0 Å². The van der Waals surface area contributed by atoms with Gasteiger partial charge in [0.1, 0.15) is 0 Å². The molecule has 0 aromatic carbocycles. The molecule has 0 radical (unpaired) electrons. The van der Waals surface area contributed by atoms with Gasteiger partial charge in [-0.05, 0) is 30.9 Å². The van der Waals surface area contributed by atoms with Gasteiger partial charge >= 0.3 is 12.2 Å². The third-order valence-corrected chi connectivity index (χ3v) is 2.60. The summed E-state index contributed by atoms with van der Waals surface area (Å²) in [5.74, 6) is 0.349. The second-order valence-electron chi connectivity index (χ2n) is 5.93. The molecule has 0 fully saturated rings. The monoisotopic (exact) mass is 308 g/mol. The van der Waals surface area contributed by atoms with Crippen LogP contribution < -0.4 is 4.90 Å². The Morgan fingerprint density at radius 2 is 1.55 bits per heavy atom. The summed E-state index contributed by atoms with van der Waals surface area (Å²) in [5, 5.41) is 0. The molecular weight excluding hydrogens is 284 g/mol. The molecule has 0 spiro atoms. The molecule has 0 saturated carbocycles. The minimum Gasteiger partial charge on any atom is -0.448 e. The van der Waals surface area contributed by atoms with Crippen molar-refractivity contribution in [1.82, 2.24) is 4.98 Å². The van der Waals surface area contributed by atoms with Crippen LogP contribution in [0.1, 0.15) is 33.4 Å². The summed E-state index contributed by atoms with van der Waals surface area (Å²) < 4.78 is 10.3. The maximum atomic E-state index is 12.2. The molecule has 0 bridgehead atoms. The first-order chi connectivity index (χ1) is 10.3. The van der Waals surface area contributed by atoms with Gasteiger partial charge < -0.3 is 9.47 Å². The SMILES string of the molecule is Cc1ccc(N(C(=O)OCC(C)C)C(=O)OCC(C)C)cn1. The Morgan fingerprint density at radius 1 is 1.05 bits per heavy atom. The van der Waals surface area contributed by atoms with E-state index in [1.54, 1.807) is 12.1 Å². The number of amides is 2. The van der Waals surface area contributed by atoms with E-state index in [1.165, 1.54) is 6.20 Å². The van der Waals surface area contributed by atoms with Crippen molar-refractivity contribution in [2.24, 2.45) is 11.8 Å². The summed E-state index contributed by atoms with van der Waals surface area (Å²) in [6.45, 7) is 9.95. The smallest absolute Gasteiger partial charge is 0.424 e. The van der Waals surface area contributed by atoms with E-state index in [0.29, 0.717) is 5.69 Å². The number of hydrogen-bond donors (Lipinski definition) is 0. The fourth-order valence-electron chi connectivity index (χ4n) is 1.48. The summed E-state index contributed by atoms with van der Waals surface area (Å²) in [6, 6.07) is 3.35. The first-order valence-electron chi connectivity index (χ1n) is 7.37. The lowest BCUT2D eigenvalue weighted by molar-refractivity contribution is 0.121. The van der Waals surface area contributed by atoms with Gasteiger partial charge in [-0.2, -0.15) is 4.90 Å². The highest BCUT2D eigenvalue weighted by atomic mass is 16.6. The lowest BCUT2D eigenvalue weighted by atomic mass is 10.2. The van der Waals surface area contributed by atoms with E-state index in [1.807, 2.05) is 34.6 Å². The lowest BCUT2D eigenvalue weighted by Gasteiger charge is -2.21. The minimum absolute atomic E-state index is 0.175. The highest BCUT2D eigenvalue weighted by molar-refractivity contribution is 6.09. The standard InChI is InChI=1S/C16H24N2O4/c1-11(2)9-21-15(19)18(16(20)22-10-12(3)4)14-7-6-13(5)17-8-14/h6-8,11-12H,9-10H2,1-5H3. The Hall–Kier alpha value is -2.11. The van der Waals surface area contributed by atoms with E-state index in [0.717, 1.165) is 10.6 Å². The Morgan fingerprint density at radius 3 is 1.91 bits per heavy atom. The van der Waals surface area contributed by atoms with Crippen molar-refractivity contribution in [3.05, 3.63) is 24.0 Å². The largest absolute Gasteiger partial charge is 0.448 e. The van der Waals surface area contributed by atoms with Crippen LogP contribution in [0.5, 0.6) is 0 Å². The van der Waals surface area contributed by atoms with Gasteiger partial charge in [-0.15, -0.1) is 0 Å². The van der Waals surface area contributed by atoms with Crippen LogP contribution in [0.25, 0.3) is 0 Å². The molecule has 1 heterocycles. The van der Waals surface area contributed by atoms with E-state index >= 15 is 0 Å². The molecule has 0 saturated heterocycles. The third kappa shape index (κ3) is 5.71. The predicted octanol–water partition coefficient (Wildman–Crippen LogP) is 3.78. The van der Waals surface area contributed by atoms with Gasteiger partial charge in [0.05, 0.1) is 25.1 Å². The van der Waals surface area contributed by atoms with Gasteiger partial charge in [-0.1, -0.05) is 27.7 Å². The molecule has 0 unspecified atom stereocenters. The van der Waals surface area contributed by atoms with E-state index in [9.17, 15) is 9.59 Å². The molecule has 6 heteroatoms. The Kier molecular flexibility index (Phi) is 6.82. The normalized spacial score (nSPS) is 10.7. The zero-order chi connectivity index (χ0) is 16.7. The molecule has 1 rings (SSSR count). The Bertz CT molecular complexity index is 473. The third-order valence-electron chi connectivity index (χ3n) is 2.60. The number of carbonyl (C=O) groups excluding carboxylic acids is 2. The van der Waals surface area contributed by atoms with E-state index in [4.69, 9.17) is 9.47 Å². The van der Waals surface area contributed by atoms with Crippen LogP contribution in [-0.2, 0) is 9.47 Å². The first-order valence-corrected chi connectivity index (χ1v) is 7.37. The highest BCUT2D eigenvalue weighted by Gasteiger charge is 2.27. The van der Waals surface area contributed by atoms with Crippen molar-refractivity contribution in [3.63, 3.8) is 0 Å². The molecule has 0 N–H and O–H groups in total. The first kappa shape index (κ1) is 17.9. The summed E-state index contributed by atoms with van der Waals surface area (Å²) >= 11 is 0. The molecule has 1 aromatic heterocycles. The number of hydrogen-bond acceptors (Lipinski definition) is 5. The van der Waals surface area contributed by atoms with Crippen LogP contribution in [-0.4, -0.2) is 30.4 Å². The van der Waals surface area contributed by atoms with Crippen molar-refractivity contribution < 1.29 is 19.1 Å². The van der Waals surface area contributed by atoms with Crippen molar-refractivity contribution in [2.75, 3.05) is 18.1 Å². The maximum Gasteiger partial charge on any atom is 0.424 e. The predicted molar refractivity (Wildman–Crippen MR) is 83.8 cm³/mol. The molecule has 0 aliphatic rings. The number of anilines is 1. The summed E-state index contributed by atoms with van der Waals surface area (Å²) in [7, 11) is 0. The second kappa shape index (κ2) is 8.36. The Labute approximate surface area is 131 Å². The van der Waals surface area contributed by atoms with Crippen LogP contribution in [0.4, 0.5) is 15.3 Å². The summed E-state index contributed by atoms with van der Waals surface area (Å²) in [5.41, 5.74) is 1.11. The van der Waals surface area contributed by atoms with Crippen molar-refractivity contribution in [2.45, 2.75) is 34.6 Å². The van der Waals surface area contributed by atoms with E-state index in [-0.39, 0.29) is 25.0 Å². The number of nitrogens with zero attached hydrogens (tertiary/aromatic N) is 2. The molecule has 2 amide bonds. The number of ether oxygens (including phenoxy) is 2. The average molecular weight is 308 g/mol. The average Bonchev–Trinajstić information content (AvgIpc) is 2.45. The fraction of sp³-hybridized carbons (Fsp3) is 0.562. The van der Waals surface area contributed by atoms with Gasteiger partial charge in [0.15, 0.2) is 0 Å². The van der Waals surface area contributed by atoms with Crippen LogP contribution in [0.15, 0.2) is 18.3 Å². The molecule has 6 nitrogen and oxygen atoms in total. The zero-order valence-electron chi connectivity index (χ0n) is 13.8. The molecule has 0 aliphatic heterocycles. The summed E-state index contributed by atoms with van der Waals surface area (Å²) in [4.78, 5) is 29.4. The van der Waals surface area contributed by atoms with Crippen LogP contribution in [0, 0.1) is 18.8 Å². The highest BCUT2D eigenvalue weighted by Crippen LogP contribution is 2.16. The molecule has 0 aliphatic carbocycles. The number of imide groups is 1. The summed E-state index contributed by atoms with van der Waals surface area (Å²) in [6.07, 6.45) is -0.0657. The van der Waals surface area contributed by atoms with Crippen molar-refractivity contribution in [3.8, 4) is 0 Å². The van der Waals surface area contributed by atoms with Gasteiger partial charge in [-0.25, -0.2) is 9.59 Å². The molecule has 0 atom stereocenters. The molecular formula is C16H24N2O4. The number of rotatable bonds is 5. The maximum absolute atomic E-state index is 12.2. The quantitative estimate of drug-likeness (QED) is 0.828. The number of pyridine rings is 1. The van der Waals surface area contributed by atoms with Crippen LogP contribution in [0.3, 0.4) is 0 Å². The topological polar surface area (TPSA) is 68.7 Å². The number of aryl methyl sites for hydroxylation is 1. The minimum atomic E-state index is -0.756. The fourth-order valence-corrected chi connectivity index (χ4v) is 1.48. The molecule has 122 valence electrons. The molecule has 1 aromatic rings. The van der Waals surface area contributed by atoms with E-state index in [2.05, 4.69) is 4.98 Å². The zero-order valence-corrected chi connectivity index (χ0v) is 13.8. The second-order valence-corrected chi connectivity index (χ2v) is 5.93. The van der Waals surface area contributed by atoms with Gasteiger partial charge in [0.25, 0.3) is 0 Å². The number of carbonyl (C=O) groups is 2. The molecule has 22 heavy (non-hydrogen) atoms. The van der Waals surface area contributed by atoms with Gasteiger partial charge in [-0.3, -0.25) is 4.98 Å². The van der Waals surface area contributed by atoms with E-state index < -0.39 is 12.2 Å². The van der Waals surface area contributed by atoms with Crippen molar-refractivity contribution in [1.29, 1.82) is 0 Å². The Balaban J connectivity index is 2.91.